The van der Waals surface area contributed by atoms with Gasteiger partial charge in [0, 0.05) is 88.8 Å². The van der Waals surface area contributed by atoms with E-state index >= 15 is 0 Å². The Morgan fingerprint density at radius 3 is 1.15 bits per heavy atom. The van der Waals surface area contributed by atoms with Crippen molar-refractivity contribution in [3.05, 3.63) is 280 Å². The zero-order valence-corrected chi connectivity index (χ0v) is 78.2. The van der Waals surface area contributed by atoms with Crippen LogP contribution in [0.4, 0.5) is 0 Å². The molecule has 0 bridgehead atoms. The molecule has 5 aromatic heterocycles. The molecule has 0 amide bonds. The van der Waals surface area contributed by atoms with Crippen molar-refractivity contribution in [1.29, 1.82) is 0 Å². The minimum Gasteiger partial charge on any atom is -0.461 e. The van der Waals surface area contributed by atoms with E-state index < -0.39 is 17.7 Å². The Hall–Kier alpha value is -12.1. The first-order valence-corrected chi connectivity index (χ1v) is 45.9. The largest absolute Gasteiger partial charge is 0.461 e. The van der Waals surface area contributed by atoms with Gasteiger partial charge in [-0.3, -0.25) is 33.5 Å². The number of aliphatic hydroxyl groups is 3. The van der Waals surface area contributed by atoms with Gasteiger partial charge < -0.3 is 29.5 Å². The Bertz CT molecular complexity index is 5090. The van der Waals surface area contributed by atoms with Gasteiger partial charge in [-0.15, -0.1) is 4.68 Å². The average molecular weight is 1750 g/mol. The summed E-state index contributed by atoms with van der Waals surface area (Å²) in [5.74, 6) is -3.25. The smallest absolute Gasteiger partial charge is 0.375 e. The first-order chi connectivity index (χ1) is 62.2. The fraction of sp³-hybridized carbons (Fsp3) is 0.406. The fourth-order valence-corrected chi connectivity index (χ4v) is 14.7. The van der Waals surface area contributed by atoms with Crippen LogP contribution in [-0.4, -0.2) is 115 Å². The molecule has 684 valence electrons. The molecule has 0 radical (unpaired) electrons. The number of hydrogen-bond acceptors (Lipinski definition) is 16. The number of carbonyl (C=O) groups excluding carboxylic acids is 6. The van der Waals surface area contributed by atoms with Gasteiger partial charge in [-0.05, 0) is 110 Å². The third kappa shape index (κ3) is 32.0. The van der Waals surface area contributed by atoms with Crippen molar-refractivity contribution in [3.63, 3.8) is 0 Å². The molecule has 0 spiro atoms. The highest BCUT2D eigenvalue weighted by Crippen LogP contribution is 2.32. The lowest BCUT2D eigenvalue weighted by Crippen LogP contribution is -2.32. The van der Waals surface area contributed by atoms with Gasteiger partial charge in [0.05, 0.1) is 85.3 Å². The van der Waals surface area contributed by atoms with E-state index in [1.165, 1.54) is 34.4 Å². The van der Waals surface area contributed by atoms with E-state index in [9.17, 15) is 44.1 Å². The number of nitrogens with one attached hydrogen (secondary N) is 2. The number of ketones is 3. The van der Waals surface area contributed by atoms with Crippen LogP contribution in [0.2, 0.25) is 0 Å². The van der Waals surface area contributed by atoms with E-state index in [2.05, 4.69) is 109 Å². The molecule has 0 saturated heterocycles. The second kappa shape index (κ2) is 59.0. The highest BCUT2D eigenvalue weighted by atomic mass is 16.5. The second-order valence-corrected chi connectivity index (χ2v) is 31.0. The van der Waals surface area contributed by atoms with Crippen molar-refractivity contribution in [2.24, 2.45) is 34.1 Å². The van der Waals surface area contributed by atoms with Gasteiger partial charge in [0.15, 0.2) is 18.6 Å². The number of aromatic nitrogens is 10. The van der Waals surface area contributed by atoms with Crippen molar-refractivity contribution in [1.82, 2.24) is 44.6 Å². The Balaban J connectivity index is 0.000000231. The van der Waals surface area contributed by atoms with Gasteiger partial charge in [0.2, 0.25) is 5.69 Å². The van der Waals surface area contributed by atoms with E-state index in [4.69, 9.17) is 14.2 Å². The summed E-state index contributed by atoms with van der Waals surface area (Å²) in [5.41, 5.74) is 21.2. The summed E-state index contributed by atoms with van der Waals surface area (Å²) in [7, 11) is 7.59. The van der Waals surface area contributed by atoms with Gasteiger partial charge in [0.25, 0.3) is 5.78 Å². The summed E-state index contributed by atoms with van der Waals surface area (Å²) in [6, 6.07) is 68.7. The topological polar surface area (TPSA) is 293 Å². The normalized spacial score (nSPS) is 10.8. The van der Waals surface area contributed by atoms with E-state index in [-0.39, 0.29) is 49.9 Å². The quantitative estimate of drug-likeness (QED) is 0.00454. The molecule has 0 aliphatic carbocycles. The maximum atomic E-state index is 12.4. The lowest BCUT2D eigenvalue weighted by molar-refractivity contribution is -0.717. The second-order valence-electron chi connectivity index (χ2n) is 31.0. The number of ether oxygens (including phenoxy) is 3. The molecule has 7 aromatic carbocycles. The Morgan fingerprint density at radius 1 is 0.383 bits per heavy atom. The van der Waals surface area contributed by atoms with Crippen LogP contribution in [0.15, 0.2) is 212 Å². The minimum atomic E-state index is -0.934. The molecule has 0 aliphatic heterocycles. The predicted octanol–water partition coefficient (Wildman–Crippen LogP) is 21.6. The van der Waals surface area contributed by atoms with E-state index in [1.807, 2.05) is 185 Å². The SMILES string of the molecule is CCCCC(C(=O)C(=O)OCC)C(=O)c1ccccc1.CCCCCC(=O)c1ccccc1.CCCCc1c(-c2ccccc2)n[nH]c1C(=O)OCC.CCCCc1c(-c2ccccc2)nn(C)c1C(=O)OCC.CCCCc1c(-c2ccccc2)nn(C)c1CO.CCCCc1c(-c2ccccc2)nn(C)c1CO.CCCCc1c(CO)[nH][n+](C)c1-c1ccccc1. The molecular formula is C106H139N10O12+. The number of rotatable bonds is 40. The molecule has 0 saturated carbocycles. The van der Waals surface area contributed by atoms with Crippen LogP contribution in [0, 0.1) is 5.92 Å². The van der Waals surface area contributed by atoms with Gasteiger partial charge in [-0.2, -0.15) is 25.5 Å². The van der Waals surface area contributed by atoms with E-state index in [0.717, 1.165) is 194 Å². The maximum absolute atomic E-state index is 12.4. The van der Waals surface area contributed by atoms with Gasteiger partial charge in [-0.1, -0.05) is 306 Å². The van der Waals surface area contributed by atoms with Gasteiger partial charge >= 0.3 is 17.9 Å². The van der Waals surface area contributed by atoms with Crippen molar-refractivity contribution >= 4 is 35.3 Å². The van der Waals surface area contributed by atoms with Crippen molar-refractivity contribution in [2.45, 2.75) is 230 Å². The number of hydrogen-bond donors (Lipinski definition) is 5. The lowest BCUT2D eigenvalue weighted by Gasteiger charge is -2.13. The summed E-state index contributed by atoms with van der Waals surface area (Å²) < 4.78 is 22.2. The van der Waals surface area contributed by atoms with Crippen LogP contribution in [0.5, 0.6) is 0 Å². The van der Waals surface area contributed by atoms with Crippen molar-refractivity contribution in [3.8, 4) is 56.3 Å². The first kappa shape index (κ1) is 105. The van der Waals surface area contributed by atoms with Crippen LogP contribution >= 0.6 is 0 Å². The highest BCUT2D eigenvalue weighted by Gasteiger charge is 2.33. The molecule has 22 nitrogen and oxygen atoms in total. The van der Waals surface area contributed by atoms with Gasteiger partial charge in [0.1, 0.15) is 17.1 Å². The van der Waals surface area contributed by atoms with Crippen LogP contribution in [0.3, 0.4) is 0 Å². The predicted molar refractivity (Wildman–Crippen MR) is 510 cm³/mol. The zero-order chi connectivity index (χ0) is 93.0. The summed E-state index contributed by atoms with van der Waals surface area (Å²) in [5, 5.41) is 52.5. The molecule has 12 aromatic rings. The molecule has 1 unspecified atom stereocenters. The third-order valence-electron chi connectivity index (χ3n) is 21.5. The number of esters is 3. The average Bonchev–Trinajstić information content (AvgIpc) is 1.63. The monoisotopic (exact) mass is 1740 g/mol. The number of Topliss-reactive ketones (excluding diaryl/α,β-unsaturated/α-hetero) is 3. The summed E-state index contributed by atoms with van der Waals surface area (Å²) in [6.07, 6.45) is 21.6. The Morgan fingerprint density at radius 2 is 0.742 bits per heavy atom. The number of aliphatic hydroxyl groups excluding tert-OH is 3. The molecule has 0 aliphatic rings. The molecule has 22 heteroatoms. The van der Waals surface area contributed by atoms with Crippen molar-refractivity contribution in [2.75, 3.05) is 19.8 Å². The summed E-state index contributed by atoms with van der Waals surface area (Å²) in [4.78, 5) is 71.7. The van der Waals surface area contributed by atoms with E-state index in [1.54, 1.807) is 65.3 Å². The summed E-state index contributed by atoms with van der Waals surface area (Å²) >= 11 is 0. The molecule has 128 heavy (non-hydrogen) atoms. The molecule has 1 atom stereocenters. The number of benzene rings is 7. The number of carbonyl (C=O) groups is 6. The first-order valence-electron chi connectivity index (χ1n) is 45.9. The third-order valence-corrected chi connectivity index (χ3v) is 21.5. The molecule has 0 fully saturated rings. The van der Waals surface area contributed by atoms with Crippen LogP contribution in [0.1, 0.15) is 265 Å². The number of aryl methyl sites for hydroxylation is 4. The van der Waals surface area contributed by atoms with Crippen LogP contribution in [0.25, 0.3) is 56.3 Å². The fourth-order valence-electron chi connectivity index (χ4n) is 14.7. The minimum absolute atomic E-state index is 0.0510. The molecule has 5 heterocycles. The lowest BCUT2D eigenvalue weighted by atomic mass is 9.89. The number of aromatic amines is 2. The van der Waals surface area contributed by atoms with Gasteiger partial charge in [-0.25, -0.2) is 14.4 Å². The van der Waals surface area contributed by atoms with Crippen molar-refractivity contribution < 1.29 is 63.0 Å². The standard InChI is InChI=1S/C17H22N2O2.C16H20N2O2.C16H20O4.3C15H20N2O.C12H16O/c1-4-6-12-14-15(13-10-8-7-9-11-13)18-19(3)16(14)17(20)21-5-2;1-3-5-11-13-14(12-9-7-6-8-10-12)17-18-15(13)16(19)20-4-2;1-3-5-11-13(15(18)16(19)20-4-2)14(17)12-9-7-6-8-10-12;2*1-3-4-10-13-14(11-18)17(2)16-15(13)12-8-6-5-7-9-12;1-3-4-10-13-14(11-18)16-17(2)15(13)12-8-6-5-7-9-12;1-2-3-5-10-12(13)11-8-6-4-7-9-11/h7-11H,4-6,12H2,1-3H3;6-10H,3-5,11H2,1-2H3,(H,17,18);6-10,13H,3-5,11H2,1-2H3;3*5-9,18H,3-4,10-11H2,1-2H3;4,6-9H,2-3,5,10H2,1H3/p+1. The van der Waals surface area contributed by atoms with E-state index in [0.29, 0.717) is 49.4 Å². The maximum Gasteiger partial charge on any atom is 0.375 e. The number of H-pyrrole nitrogens is 2. The van der Waals surface area contributed by atoms with Crippen LogP contribution in [-0.2, 0) is 104 Å². The Kier molecular flexibility index (Phi) is 48.3. The zero-order valence-electron chi connectivity index (χ0n) is 78.2. The molecular weight excluding hydrogens is 1610 g/mol. The molecule has 12 rings (SSSR count). The molecule has 5 N–H and O–H groups in total. The number of nitrogens with zero attached hydrogens (tertiary/aromatic N) is 8. The highest BCUT2D eigenvalue weighted by molar-refractivity contribution is 6.39. The Labute approximate surface area is 758 Å². The number of unbranched alkanes of at least 4 members (excludes halogenated alkanes) is 8. The van der Waals surface area contributed by atoms with Crippen LogP contribution < -0.4 is 4.68 Å². The summed E-state index contributed by atoms with van der Waals surface area (Å²) in [6.45, 7) is 21.2.